The van der Waals surface area contributed by atoms with Gasteiger partial charge in [0.15, 0.2) is 0 Å². The summed E-state index contributed by atoms with van der Waals surface area (Å²) in [6.45, 7) is 4.66. The normalized spacial score (nSPS) is 26.4. The highest BCUT2D eigenvalue weighted by Gasteiger charge is 2.45. The predicted molar refractivity (Wildman–Crippen MR) is 98.7 cm³/mol. The Morgan fingerprint density at radius 3 is 2.44 bits per heavy atom. The Morgan fingerprint density at radius 2 is 1.80 bits per heavy atom. The second kappa shape index (κ2) is 8.03. The summed E-state index contributed by atoms with van der Waals surface area (Å²) in [7, 11) is 0. The highest BCUT2D eigenvalue weighted by atomic mass is 16.2. The van der Waals surface area contributed by atoms with Crippen molar-refractivity contribution in [2.75, 3.05) is 0 Å². The maximum absolute atomic E-state index is 13.3. The van der Waals surface area contributed by atoms with Gasteiger partial charge in [0.05, 0.1) is 0 Å². The van der Waals surface area contributed by atoms with Gasteiger partial charge in [0.2, 0.25) is 11.8 Å². The number of rotatable bonds is 5. The Labute approximate surface area is 151 Å². The minimum absolute atomic E-state index is 0.0282. The summed E-state index contributed by atoms with van der Waals surface area (Å²) in [6.07, 6.45) is 6.54. The van der Waals surface area contributed by atoms with Crippen molar-refractivity contribution in [1.29, 1.82) is 0 Å². The van der Waals surface area contributed by atoms with Gasteiger partial charge in [-0.05, 0) is 30.2 Å². The van der Waals surface area contributed by atoms with E-state index >= 15 is 0 Å². The largest absolute Gasteiger partial charge is 0.342 e. The molecule has 3 unspecified atom stereocenters. The summed E-state index contributed by atoms with van der Waals surface area (Å²) in [5.74, 6) is 0.586. The number of hydrogen-bond acceptors (Lipinski definition) is 2. The topological polar surface area (TPSA) is 49.4 Å². The van der Waals surface area contributed by atoms with E-state index in [1.165, 1.54) is 6.42 Å². The fourth-order valence-corrected chi connectivity index (χ4v) is 4.29. The number of benzene rings is 1. The molecule has 3 atom stereocenters. The molecular formula is C21H30N2O2. The zero-order chi connectivity index (χ0) is 17.8. The SMILES string of the molecule is CCC(C)C1C(=O)NC(C2CCCCC2)C(=O)N1Cc1ccccc1. The molecule has 1 saturated carbocycles. The van der Waals surface area contributed by atoms with Crippen LogP contribution in [0.5, 0.6) is 0 Å². The number of amides is 2. The van der Waals surface area contributed by atoms with Gasteiger partial charge in [-0.2, -0.15) is 0 Å². The van der Waals surface area contributed by atoms with Crippen molar-refractivity contribution in [1.82, 2.24) is 10.2 Å². The van der Waals surface area contributed by atoms with Gasteiger partial charge < -0.3 is 10.2 Å². The molecule has 4 heteroatoms. The number of hydrogen-bond donors (Lipinski definition) is 1. The molecule has 1 aromatic rings. The lowest BCUT2D eigenvalue weighted by molar-refractivity contribution is -0.154. The van der Waals surface area contributed by atoms with Crippen LogP contribution in [0, 0.1) is 11.8 Å². The molecular weight excluding hydrogens is 312 g/mol. The average molecular weight is 342 g/mol. The molecule has 1 heterocycles. The van der Waals surface area contributed by atoms with Crippen molar-refractivity contribution in [3.8, 4) is 0 Å². The molecule has 1 aliphatic carbocycles. The van der Waals surface area contributed by atoms with Gasteiger partial charge in [-0.15, -0.1) is 0 Å². The van der Waals surface area contributed by atoms with Crippen molar-refractivity contribution < 1.29 is 9.59 Å². The van der Waals surface area contributed by atoms with Gasteiger partial charge in [-0.1, -0.05) is 69.9 Å². The van der Waals surface area contributed by atoms with Gasteiger partial charge >= 0.3 is 0 Å². The first-order valence-electron chi connectivity index (χ1n) is 9.76. The van der Waals surface area contributed by atoms with Crippen LogP contribution in [0.1, 0.15) is 57.9 Å². The van der Waals surface area contributed by atoms with Crippen LogP contribution >= 0.6 is 0 Å². The van der Waals surface area contributed by atoms with Crippen LogP contribution in [0.15, 0.2) is 30.3 Å². The van der Waals surface area contributed by atoms with Crippen molar-refractivity contribution in [2.45, 2.75) is 71.0 Å². The van der Waals surface area contributed by atoms with Crippen LogP contribution in [0.2, 0.25) is 0 Å². The lowest BCUT2D eigenvalue weighted by Gasteiger charge is -2.44. The lowest BCUT2D eigenvalue weighted by Crippen LogP contribution is -2.66. The third-order valence-corrected chi connectivity index (χ3v) is 5.95. The molecule has 25 heavy (non-hydrogen) atoms. The second-order valence-corrected chi connectivity index (χ2v) is 7.67. The molecule has 1 saturated heterocycles. The molecule has 2 fully saturated rings. The Kier molecular flexibility index (Phi) is 5.77. The van der Waals surface area contributed by atoms with Crippen molar-refractivity contribution in [3.63, 3.8) is 0 Å². The number of nitrogens with one attached hydrogen (secondary N) is 1. The first kappa shape index (κ1) is 18.0. The number of carbonyl (C=O) groups is 2. The molecule has 1 N–H and O–H groups in total. The van der Waals surface area contributed by atoms with E-state index in [9.17, 15) is 9.59 Å². The second-order valence-electron chi connectivity index (χ2n) is 7.67. The maximum atomic E-state index is 13.3. The highest BCUT2D eigenvalue weighted by molar-refractivity contribution is 5.97. The molecule has 0 spiro atoms. The molecule has 1 aromatic carbocycles. The molecule has 4 nitrogen and oxygen atoms in total. The molecule has 0 bridgehead atoms. The van der Waals surface area contributed by atoms with Crippen LogP contribution < -0.4 is 5.32 Å². The highest BCUT2D eigenvalue weighted by Crippen LogP contribution is 2.31. The first-order chi connectivity index (χ1) is 12.1. The summed E-state index contributed by atoms with van der Waals surface area (Å²) in [6, 6.07) is 9.31. The molecule has 3 rings (SSSR count). The summed E-state index contributed by atoms with van der Waals surface area (Å²) in [5, 5.41) is 3.09. The molecule has 1 aliphatic heterocycles. The van der Waals surface area contributed by atoms with E-state index in [0.717, 1.165) is 37.7 Å². The number of carbonyl (C=O) groups excluding carboxylic acids is 2. The monoisotopic (exact) mass is 342 g/mol. The Balaban J connectivity index is 1.86. The van der Waals surface area contributed by atoms with Crippen LogP contribution in [0.25, 0.3) is 0 Å². The van der Waals surface area contributed by atoms with Crippen LogP contribution in [0.3, 0.4) is 0 Å². The summed E-state index contributed by atoms with van der Waals surface area (Å²) >= 11 is 0. The first-order valence-corrected chi connectivity index (χ1v) is 9.76. The fourth-order valence-electron chi connectivity index (χ4n) is 4.29. The van der Waals surface area contributed by atoms with E-state index < -0.39 is 0 Å². The quantitative estimate of drug-likeness (QED) is 0.890. The lowest BCUT2D eigenvalue weighted by atomic mass is 9.81. The van der Waals surface area contributed by atoms with Crippen molar-refractivity contribution in [2.24, 2.45) is 11.8 Å². The predicted octanol–water partition coefficient (Wildman–Crippen LogP) is 3.51. The third kappa shape index (κ3) is 3.88. The molecule has 2 amide bonds. The molecule has 2 aliphatic rings. The Morgan fingerprint density at radius 1 is 1.12 bits per heavy atom. The smallest absolute Gasteiger partial charge is 0.246 e. The summed E-state index contributed by atoms with van der Waals surface area (Å²) < 4.78 is 0. The average Bonchev–Trinajstić information content (AvgIpc) is 2.65. The number of piperazine rings is 1. The van der Waals surface area contributed by atoms with Gasteiger partial charge in [-0.25, -0.2) is 0 Å². The van der Waals surface area contributed by atoms with E-state index in [0.29, 0.717) is 12.5 Å². The van der Waals surface area contributed by atoms with Gasteiger partial charge in [0.25, 0.3) is 0 Å². The van der Waals surface area contributed by atoms with Gasteiger partial charge in [-0.3, -0.25) is 9.59 Å². The Bertz CT molecular complexity index is 595. The Hall–Kier alpha value is -1.84. The molecule has 0 aromatic heterocycles. The zero-order valence-electron chi connectivity index (χ0n) is 15.4. The van der Waals surface area contributed by atoms with E-state index in [-0.39, 0.29) is 29.8 Å². The van der Waals surface area contributed by atoms with Gasteiger partial charge in [0.1, 0.15) is 12.1 Å². The van der Waals surface area contributed by atoms with Crippen LogP contribution in [-0.4, -0.2) is 28.8 Å². The van der Waals surface area contributed by atoms with E-state index in [1.54, 1.807) is 0 Å². The van der Waals surface area contributed by atoms with E-state index in [2.05, 4.69) is 19.2 Å². The van der Waals surface area contributed by atoms with Crippen LogP contribution in [-0.2, 0) is 16.1 Å². The minimum atomic E-state index is -0.363. The van der Waals surface area contributed by atoms with Gasteiger partial charge in [0, 0.05) is 6.54 Å². The maximum Gasteiger partial charge on any atom is 0.246 e. The van der Waals surface area contributed by atoms with Crippen molar-refractivity contribution in [3.05, 3.63) is 35.9 Å². The van der Waals surface area contributed by atoms with Crippen molar-refractivity contribution >= 4 is 11.8 Å². The van der Waals surface area contributed by atoms with Crippen LogP contribution in [0.4, 0.5) is 0 Å². The summed E-state index contributed by atoms with van der Waals surface area (Å²) in [4.78, 5) is 28.1. The third-order valence-electron chi connectivity index (χ3n) is 5.95. The zero-order valence-corrected chi connectivity index (χ0v) is 15.4. The van der Waals surface area contributed by atoms with E-state index in [4.69, 9.17) is 0 Å². The molecule has 136 valence electrons. The standard InChI is InChI=1S/C21H30N2O2/c1-3-15(2)19-20(24)22-18(17-12-8-5-9-13-17)21(25)23(19)14-16-10-6-4-7-11-16/h4,6-7,10-11,15,17-19H,3,5,8-9,12-14H2,1-2H3,(H,22,24). The minimum Gasteiger partial charge on any atom is -0.342 e. The molecule has 0 radical (unpaired) electrons. The fraction of sp³-hybridized carbons (Fsp3) is 0.619. The van der Waals surface area contributed by atoms with E-state index in [1.807, 2.05) is 35.2 Å². The summed E-state index contributed by atoms with van der Waals surface area (Å²) in [5.41, 5.74) is 1.08. The number of nitrogens with zero attached hydrogens (tertiary/aromatic N) is 1.